The maximum absolute atomic E-state index is 12.7. The fourth-order valence-corrected chi connectivity index (χ4v) is 4.04. The number of anilines is 2. The molecule has 7 nitrogen and oxygen atoms in total. The second kappa shape index (κ2) is 8.02. The van der Waals surface area contributed by atoms with E-state index < -0.39 is 10.0 Å². The molecule has 3 aromatic rings. The standard InChI is InChI=1S/C20H25N5O2S/c1-14(17-8-6-5-7-9-17)12-21-19-11-10-18(13-22-19)28(26,27)24-20-15(2)23-25(4)16(20)3/h5-11,13-14,24H,12H2,1-4H3,(H,21,22). The fourth-order valence-electron chi connectivity index (χ4n) is 2.92. The molecule has 28 heavy (non-hydrogen) atoms. The van der Waals surface area contributed by atoms with Crippen LogP contribution >= 0.6 is 0 Å². The van der Waals surface area contributed by atoms with Gasteiger partial charge in [-0.05, 0) is 37.5 Å². The second-order valence-corrected chi connectivity index (χ2v) is 8.53. The molecule has 0 aliphatic carbocycles. The number of aromatic nitrogens is 3. The van der Waals surface area contributed by atoms with Crippen LogP contribution in [-0.2, 0) is 17.1 Å². The summed E-state index contributed by atoms with van der Waals surface area (Å²) in [7, 11) is -1.95. The van der Waals surface area contributed by atoms with Crippen LogP contribution in [0, 0.1) is 13.8 Å². The average Bonchev–Trinajstić information content (AvgIpc) is 2.93. The molecule has 0 bridgehead atoms. The molecule has 0 fully saturated rings. The highest BCUT2D eigenvalue weighted by Crippen LogP contribution is 2.23. The molecular formula is C20H25N5O2S. The smallest absolute Gasteiger partial charge is 0.263 e. The molecule has 2 heterocycles. The molecule has 0 saturated heterocycles. The van der Waals surface area contributed by atoms with E-state index in [-0.39, 0.29) is 4.90 Å². The summed E-state index contributed by atoms with van der Waals surface area (Å²) in [5, 5.41) is 7.49. The quantitative estimate of drug-likeness (QED) is 0.635. The summed E-state index contributed by atoms with van der Waals surface area (Å²) in [4.78, 5) is 4.36. The first kappa shape index (κ1) is 19.9. The third-order valence-electron chi connectivity index (χ3n) is 4.75. The van der Waals surface area contributed by atoms with Crippen molar-refractivity contribution in [2.75, 3.05) is 16.6 Å². The maximum Gasteiger partial charge on any atom is 0.263 e. The van der Waals surface area contributed by atoms with Crippen LogP contribution in [0.5, 0.6) is 0 Å². The summed E-state index contributed by atoms with van der Waals surface area (Å²) < 4.78 is 29.6. The zero-order valence-corrected chi connectivity index (χ0v) is 17.3. The Labute approximate surface area is 165 Å². The third kappa shape index (κ3) is 4.33. The summed E-state index contributed by atoms with van der Waals surface area (Å²) in [6, 6.07) is 13.4. The van der Waals surface area contributed by atoms with Gasteiger partial charge in [-0.25, -0.2) is 13.4 Å². The van der Waals surface area contributed by atoms with Crippen LogP contribution < -0.4 is 10.0 Å². The van der Waals surface area contributed by atoms with E-state index in [2.05, 4.69) is 39.2 Å². The van der Waals surface area contributed by atoms with E-state index in [1.165, 1.54) is 11.8 Å². The number of benzene rings is 1. The topological polar surface area (TPSA) is 88.9 Å². The lowest BCUT2D eigenvalue weighted by atomic mass is 10.0. The monoisotopic (exact) mass is 399 g/mol. The third-order valence-corrected chi connectivity index (χ3v) is 6.09. The Kier molecular flexibility index (Phi) is 5.69. The molecular weight excluding hydrogens is 374 g/mol. The maximum atomic E-state index is 12.7. The van der Waals surface area contributed by atoms with Crippen molar-refractivity contribution in [3.8, 4) is 0 Å². The Morgan fingerprint density at radius 3 is 2.39 bits per heavy atom. The molecule has 8 heteroatoms. The largest absolute Gasteiger partial charge is 0.369 e. The van der Waals surface area contributed by atoms with E-state index in [4.69, 9.17) is 0 Å². The number of hydrogen-bond donors (Lipinski definition) is 2. The van der Waals surface area contributed by atoms with Crippen LogP contribution in [0.4, 0.5) is 11.5 Å². The van der Waals surface area contributed by atoms with Crippen molar-refractivity contribution >= 4 is 21.5 Å². The summed E-state index contributed by atoms with van der Waals surface area (Å²) in [5.74, 6) is 0.945. The number of nitrogens with one attached hydrogen (secondary N) is 2. The molecule has 0 radical (unpaired) electrons. The number of hydrogen-bond acceptors (Lipinski definition) is 5. The molecule has 2 aromatic heterocycles. The molecule has 2 N–H and O–H groups in total. The Morgan fingerprint density at radius 2 is 1.82 bits per heavy atom. The van der Waals surface area contributed by atoms with Gasteiger partial charge in [-0.3, -0.25) is 9.40 Å². The van der Waals surface area contributed by atoms with E-state index in [9.17, 15) is 8.42 Å². The molecule has 0 saturated carbocycles. The zero-order valence-electron chi connectivity index (χ0n) is 16.5. The highest BCUT2D eigenvalue weighted by molar-refractivity contribution is 7.92. The molecule has 1 atom stereocenters. The molecule has 148 valence electrons. The lowest BCUT2D eigenvalue weighted by Crippen LogP contribution is -2.15. The van der Waals surface area contributed by atoms with Gasteiger partial charge in [-0.15, -0.1) is 0 Å². The Bertz CT molecular complexity index is 1040. The zero-order chi connectivity index (χ0) is 20.3. The summed E-state index contributed by atoms with van der Waals surface area (Å²) >= 11 is 0. The first-order valence-corrected chi connectivity index (χ1v) is 10.5. The highest BCUT2D eigenvalue weighted by Gasteiger charge is 2.19. The number of pyridine rings is 1. The van der Waals surface area contributed by atoms with Crippen LogP contribution in [-0.4, -0.2) is 29.7 Å². The van der Waals surface area contributed by atoms with Crippen LogP contribution in [0.2, 0.25) is 0 Å². The van der Waals surface area contributed by atoms with Crippen LogP contribution in [0.3, 0.4) is 0 Å². The average molecular weight is 400 g/mol. The van der Waals surface area contributed by atoms with E-state index >= 15 is 0 Å². The van der Waals surface area contributed by atoms with Gasteiger partial charge in [-0.2, -0.15) is 5.10 Å². The molecule has 1 unspecified atom stereocenters. The number of aryl methyl sites for hydroxylation is 2. The van der Waals surface area contributed by atoms with Gasteiger partial charge in [0.1, 0.15) is 10.7 Å². The highest BCUT2D eigenvalue weighted by atomic mass is 32.2. The Hall–Kier alpha value is -2.87. The molecule has 0 spiro atoms. The fraction of sp³-hybridized carbons (Fsp3) is 0.300. The van der Waals surface area contributed by atoms with Gasteiger partial charge in [-0.1, -0.05) is 37.3 Å². The number of nitrogens with zero attached hydrogens (tertiary/aromatic N) is 3. The summed E-state index contributed by atoms with van der Waals surface area (Å²) in [6.07, 6.45) is 1.36. The van der Waals surface area contributed by atoms with Gasteiger partial charge in [0.2, 0.25) is 0 Å². The van der Waals surface area contributed by atoms with Crippen molar-refractivity contribution in [1.29, 1.82) is 0 Å². The van der Waals surface area contributed by atoms with Crippen molar-refractivity contribution in [2.24, 2.45) is 7.05 Å². The SMILES string of the molecule is Cc1nn(C)c(C)c1NS(=O)(=O)c1ccc(NCC(C)c2ccccc2)nc1. The second-order valence-electron chi connectivity index (χ2n) is 6.85. The van der Waals surface area contributed by atoms with Crippen molar-refractivity contribution in [1.82, 2.24) is 14.8 Å². The van der Waals surface area contributed by atoms with Gasteiger partial charge in [0, 0.05) is 19.8 Å². The summed E-state index contributed by atoms with van der Waals surface area (Å²) in [6.45, 7) is 6.42. The molecule has 1 aromatic carbocycles. The van der Waals surface area contributed by atoms with Gasteiger partial charge >= 0.3 is 0 Å². The van der Waals surface area contributed by atoms with E-state index in [0.29, 0.717) is 29.7 Å². The minimum atomic E-state index is -3.73. The molecule has 0 aliphatic rings. The molecule has 3 rings (SSSR count). The van der Waals surface area contributed by atoms with Gasteiger partial charge in [0.05, 0.1) is 17.1 Å². The van der Waals surface area contributed by atoms with Gasteiger partial charge < -0.3 is 5.32 Å². The predicted octanol–water partition coefficient (Wildman–Crippen LogP) is 3.45. The van der Waals surface area contributed by atoms with Gasteiger partial charge in [0.15, 0.2) is 0 Å². The lowest BCUT2D eigenvalue weighted by Gasteiger charge is -2.14. The van der Waals surface area contributed by atoms with Crippen molar-refractivity contribution in [3.63, 3.8) is 0 Å². The lowest BCUT2D eigenvalue weighted by molar-refractivity contribution is 0.600. The first-order chi connectivity index (χ1) is 13.3. The van der Waals surface area contributed by atoms with E-state index in [1.54, 1.807) is 30.8 Å². The van der Waals surface area contributed by atoms with Crippen molar-refractivity contribution in [3.05, 3.63) is 65.6 Å². The first-order valence-electron chi connectivity index (χ1n) is 9.06. The minimum Gasteiger partial charge on any atom is -0.369 e. The van der Waals surface area contributed by atoms with Crippen LogP contribution in [0.1, 0.15) is 29.8 Å². The molecule has 0 aliphatic heterocycles. The Morgan fingerprint density at radius 1 is 1.11 bits per heavy atom. The summed E-state index contributed by atoms with van der Waals surface area (Å²) in [5.41, 5.74) is 3.12. The van der Waals surface area contributed by atoms with Crippen molar-refractivity contribution in [2.45, 2.75) is 31.6 Å². The van der Waals surface area contributed by atoms with E-state index in [1.807, 2.05) is 25.1 Å². The number of sulfonamides is 1. The van der Waals surface area contributed by atoms with Crippen LogP contribution in [0.15, 0.2) is 53.6 Å². The van der Waals surface area contributed by atoms with Crippen LogP contribution in [0.25, 0.3) is 0 Å². The molecule has 0 amide bonds. The van der Waals surface area contributed by atoms with Gasteiger partial charge in [0.25, 0.3) is 10.0 Å². The van der Waals surface area contributed by atoms with E-state index in [0.717, 1.165) is 5.69 Å². The van der Waals surface area contributed by atoms with Crippen molar-refractivity contribution < 1.29 is 8.42 Å². The predicted molar refractivity (Wildman–Crippen MR) is 111 cm³/mol. The Balaban J connectivity index is 1.68. The number of rotatable bonds is 7. The minimum absolute atomic E-state index is 0.108. The normalized spacial score (nSPS) is 12.6.